The first-order chi connectivity index (χ1) is 14.5. The molecule has 1 aromatic heterocycles. The van der Waals surface area contributed by atoms with E-state index in [9.17, 15) is 9.18 Å². The van der Waals surface area contributed by atoms with Crippen LogP contribution in [0, 0.1) is 19.7 Å². The number of nitrogens with zero attached hydrogens (tertiary/aromatic N) is 4. The lowest BCUT2D eigenvalue weighted by Gasteiger charge is -2.35. The van der Waals surface area contributed by atoms with Gasteiger partial charge >= 0.3 is 6.03 Å². The van der Waals surface area contributed by atoms with E-state index in [-0.39, 0.29) is 11.7 Å². The Morgan fingerprint density at radius 3 is 2.37 bits per heavy atom. The van der Waals surface area contributed by atoms with Crippen LogP contribution in [0.15, 0.2) is 54.6 Å². The van der Waals surface area contributed by atoms with Crippen molar-refractivity contribution in [2.45, 2.75) is 13.8 Å². The number of rotatable bonds is 3. The number of para-hydroxylation sites is 1. The Balaban J connectivity index is 1.36. The molecule has 1 fully saturated rings. The topological polar surface area (TPSA) is 61.4 Å². The third-order valence-electron chi connectivity index (χ3n) is 5.46. The summed E-state index contributed by atoms with van der Waals surface area (Å²) >= 11 is 0. The molecule has 0 radical (unpaired) electrons. The average Bonchev–Trinajstić information content (AvgIpc) is 2.77. The number of benzene rings is 2. The highest BCUT2D eigenvalue weighted by Crippen LogP contribution is 2.22. The lowest BCUT2D eigenvalue weighted by atomic mass is 10.0. The Bertz CT molecular complexity index is 1050. The highest BCUT2D eigenvalue weighted by Gasteiger charge is 2.22. The Morgan fingerprint density at radius 2 is 1.70 bits per heavy atom. The van der Waals surface area contributed by atoms with E-state index >= 15 is 0 Å². The first-order valence-electron chi connectivity index (χ1n) is 9.98. The van der Waals surface area contributed by atoms with Gasteiger partial charge in [-0.15, -0.1) is 10.2 Å². The van der Waals surface area contributed by atoms with E-state index in [0.29, 0.717) is 26.2 Å². The number of urea groups is 1. The minimum atomic E-state index is -0.441. The predicted octanol–water partition coefficient (Wildman–Crippen LogP) is 4.25. The number of hydrogen-bond donors (Lipinski definition) is 1. The number of piperazine rings is 1. The minimum absolute atomic E-state index is 0.192. The van der Waals surface area contributed by atoms with E-state index in [1.807, 2.05) is 12.1 Å². The van der Waals surface area contributed by atoms with E-state index in [4.69, 9.17) is 0 Å². The van der Waals surface area contributed by atoms with Gasteiger partial charge in [0.2, 0.25) is 0 Å². The summed E-state index contributed by atoms with van der Waals surface area (Å²) in [5.74, 6) is 0.348. The van der Waals surface area contributed by atoms with E-state index in [1.165, 1.54) is 17.2 Å². The van der Waals surface area contributed by atoms with Gasteiger partial charge in [-0.05, 0) is 55.3 Å². The van der Waals surface area contributed by atoms with Crippen LogP contribution in [0.2, 0.25) is 0 Å². The van der Waals surface area contributed by atoms with Crippen LogP contribution in [0.1, 0.15) is 11.1 Å². The van der Waals surface area contributed by atoms with Crippen LogP contribution >= 0.6 is 0 Å². The first kappa shape index (κ1) is 19.8. The summed E-state index contributed by atoms with van der Waals surface area (Å²) in [7, 11) is 0. The van der Waals surface area contributed by atoms with Crippen molar-refractivity contribution in [3.8, 4) is 11.3 Å². The molecule has 0 atom stereocenters. The Hall–Kier alpha value is -3.48. The zero-order valence-corrected chi connectivity index (χ0v) is 17.1. The molecule has 0 aliphatic carbocycles. The Labute approximate surface area is 175 Å². The number of carbonyl (C=O) groups is 1. The fraction of sp³-hybridized carbons (Fsp3) is 0.261. The molecule has 0 saturated carbocycles. The number of hydrogen-bond acceptors (Lipinski definition) is 4. The smallest absolute Gasteiger partial charge is 0.322 e. The van der Waals surface area contributed by atoms with E-state index < -0.39 is 5.82 Å². The van der Waals surface area contributed by atoms with Crippen LogP contribution in [-0.4, -0.2) is 47.3 Å². The largest absolute Gasteiger partial charge is 0.352 e. The van der Waals surface area contributed by atoms with Gasteiger partial charge in [0.05, 0.1) is 11.4 Å². The monoisotopic (exact) mass is 405 g/mol. The van der Waals surface area contributed by atoms with Crippen molar-refractivity contribution in [1.82, 2.24) is 15.1 Å². The molecule has 2 amide bonds. The molecule has 1 aliphatic rings. The van der Waals surface area contributed by atoms with E-state index in [2.05, 4.69) is 52.5 Å². The van der Waals surface area contributed by atoms with E-state index in [1.54, 1.807) is 23.1 Å². The van der Waals surface area contributed by atoms with Crippen molar-refractivity contribution < 1.29 is 9.18 Å². The second kappa shape index (κ2) is 8.49. The number of nitrogens with one attached hydrogen (secondary N) is 1. The molecule has 3 aromatic rings. The quantitative estimate of drug-likeness (QED) is 0.708. The normalized spacial score (nSPS) is 14.0. The third-order valence-corrected chi connectivity index (χ3v) is 5.46. The minimum Gasteiger partial charge on any atom is -0.352 e. The summed E-state index contributed by atoms with van der Waals surface area (Å²) in [6, 6.07) is 16.1. The molecule has 0 spiro atoms. The molecule has 6 nitrogen and oxygen atoms in total. The number of carbonyl (C=O) groups excluding carboxylic acids is 1. The van der Waals surface area contributed by atoms with Gasteiger partial charge in [-0.2, -0.15) is 0 Å². The lowest BCUT2D eigenvalue weighted by Crippen LogP contribution is -2.50. The van der Waals surface area contributed by atoms with Gasteiger partial charge in [0.15, 0.2) is 5.82 Å². The molecule has 2 heterocycles. The van der Waals surface area contributed by atoms with Crippen molar-refractivity contribution in [3.05, 3.63) is 71.5 Å². The van der Waals surface area contributed by atoms with Crippen molar-refractivity contribution in [1.29, 1.82) is 0 Å². The SMILES string of the molecule is Cc1ccc(-c2ccc(N3CCN(C(=O)Nc4ccccc4F)CC3)nn2)cc1C. The molecular weight excluding hydrogens is 381 g/mol. The molecule has 0 bridgehead atoms. The van der Waals surface area contributed by atoms with Crippen LogP contribution in [0.5, 0.6) is 0 Å². The second-order valence-corrected chi connectivity index (χ2v) is 7.46. The van der Waals surface area contributed by atoms with Gasteiger partial charge in [-0.3, -0.25) is 0 Å². The molecule has 154 valence electrons. The zero-order valence-electron chi connectivity index (χ0n) is 17.1. The first-order valence-corrected chi connectivity index (χ1v) is 9.98. The zero-order chi connectivity index (χ0) is 21.1. The van der Waals surface area contributed by atoms with Crippen LogP contribution in [0.3, 0.4) is 0 Å². The lowest BCUT2D eigenvalue weighted by molar-refractivity contribution is 0.208. The maximum atomic E-state index is 13.7. The average molecular weight is 405 g/mol. The van der Waals surface area contributed by atoms with Crippen molar-refractivity contribution in [3.63, 3.8) is 0 Å². The van der Waals surface area contributed by atoms with Crippen molar-refractivity contribution >= 4 is 17.5 Å². The van der Waals surface area contributed by atoms with Crippen LogP contribution < -0.4 is 10.2 Å². The fourth-order valence-corrected chi connectivity index (χ4v) is 3.44. The van der Waals surface area contributed by atoms with Gasteiger partial charge in [-0.1, -0.05) is 24.3 Å². The predicted molar refractivity (Wildman–Crippen MR) is 116 cm³/mol. The number of aromatic nitrogens is 2. The molecule has 4 rings (SSSR count). The summed E-state index contributed by atoms with van der Waals surface area (Å²) < 4.78 is 13.7. The molecule has 1 N–H and O–H groups in total. The molecule has 2 aromatic carbocycles. The molecule has 1 saturated heterocycles. The van der Waals surface area contributed by atoms with Gasteiger partial charge in [0.25, 0.3) is 0 Å². The Kier molecular flexibility index (Phi) is 5.61. The maximum absolute atomic E-state index is 13.7. The van der Waals surface area contributed by atoms with Gasteiger partial charge in [-0.25, -0.2) is 9.18 Å². The molecule has 1 aliphatic heterocycles. The number of amides is 2. The molecular formula is C23H24FN5O. The number of aryl methyl sites for hydroxylation is 2. The molecule has 7 heteroatoms. The van der Waals surface area contributed by atoms with Crippen LogP contribution in [-0.2, 0) is 0 Å². The Morgan fingerprint density at radius 1 is 0.933 bits per heavy atom. The highest BCUT2D eigenvalue weighted by molar-refractivity contribution is 5.89. The summed E-state index contributed by atoms with van der Waals surface area (Å²) in [4.78, 5) is 16.2. The van der Waals surface area contributed by atoms with Crippen LogP contribution in [0.25, 0.3) is 11.3 Å². The van der Waals surface area contributed by atoms with Crippen molar-refractivity contribution in [2.24, 2.45) is 0 Å². The number of halogens is 1. The van der Waals surface area contributed by atoms with Gasteiger partial charge < -0.3 is 15.1 Å². The van der Waals surface area contributed by atoms with Gasteiger partial charge in [0.1, 0.15) is 5.82 Å². The standard InChI is InChI=1S/C23H24FN5O/c1-16-7-8-18(15-17(16)2)20-9-10-22(27-26-20)28-11-13-29(14-12-28)23(30)25-21-6-4-3-5-19(21)24/h3-10,15H,11-14H2,1-2H3,(H,25,30). The highest BCUT2D eigenvalue weighted by atomic mass is 19.1. The van der Waals surface area contributed by atoms with Crippen LogP contribution in [0.4, 0.5) is 20.7 Å². The second-order valence-electron chi connectivity index (χ2n) is 7.46. The number of anilines is 2. The summed E-state index contributed by atoms with van der Waals surface area (Å²) in [6.07, 6.45) is 0. The summed E-state index contributed by atoms with van der Waals surface area (Å²) in [5.41, 5.74) is 4.55. The van der Waals surface area contributed by atoms with Crippen molar-refractivity contribution in [2.75, 3.05) is 36.4 Å². The molecule has 30 heavy (non-hydrogen) atoms. The third kappa shape index (κ3) is 4.25. The molecule has 0 unspecified atom stereocenters. The summed E-state index contributed by atoms with van der Waals surface area (Å²) in [6.45, 7) is 6.51. The maximum Gasteiger partial charge on any atom is 0.322 e. The fourth-order valence-electron chi connectivity index (χ4n) is 3.44. The summed E-state index contributed by atoms with van der Waals surface area (Å²) in [5, 5.41) is 11.4. The van der Waals surface area contributed by atoms with Gasteiger partial charge in [0, 0.05) is 31.7 Å². The van der Waals surface area contributed by atoms with E-state index in [0.717, 1.165) is 17.1 Å².